The van der Waals surface area contributed by atoms with E-state index in [2.05, 4.69) is 12.2 Å². The fraction of sp³-hybridized carbons (Fsp3) is 0.474. The minimum Gasteiger partial charge on any atom is -0.342 e. The number of hydrogen-bond acceptors (Lipinski definition) is 2. The number of nitrogens with zero attached hydrogens (tertiary/aromatic N) is 1. The van der Waals surface area contributed by atoms with Crippen LogP contribution in [0.3, 0.4) is 0 Å². The Hall–Kier alpha value is -1.90. The van der Waals surface area contributed by atoms with Crippen LogP contribution in [0.15, 0.2) is 42.5 Å². The van der Waals surface area contributed by atoms with E-state index in [4.69, 9.17) is 0 Å². The van der Waals surface area contributed by atoms with E-state index in [1.165, 1.54) is 0 Å². The molecular formula is C19H23NO2. The summed E-state index contributed by atoms with van der Waals surface area (Å²) in [6, 6.07) is 9.50. The zero-order chi connectivity index (χ0) is 15.4. The predicted molar refractivity (Wildman–Crippen MR) is 86.6 cm³/mol. The Morgan fingerprint density at radius 2 is 1.64 bits per heavy atom. The van der Waals surface area contributed by atoms with Crippen molar-refractivity contribution in [3.63, 3.8) is 0 Å². The lowest BCUT2D eigenvalue weighted by Crippen LogP contribution is -2.43. The Labute approximate surface area is 132 Å². The summed E-state index contributed by atoms with van der Waals surface area (Å²) in [7, 11) is 0. The van der Waals surface area contributed by atoms with Crippen molar-refractivity contribution in [1.29, 1.82) is 0 Å². The molecular weight excluding hydrogens is 274 g/mol. The van der Waals surface area contributed by atoms with Gasteiger partial charge in [-0.05, 0) is 32.1 Å². The van der Waals surface area contributed by atoms with Gasteiger partial charge < -0.3 is 4.90 Å². The zero-order valence-corrected chi connectivity index (χ0v) is 12.9. The van der Waals surface area contributed by atoms with Crippen molar-refractivity contribution in [2.75, 3.05) is 13.1 Å². The highest BCUT2D eigenvalue weighted by molar-refractivity contribution is 5.98. The molecule has 0 radical (unpaired) electrons. The lowest BCUT2D eigenvalue weighted by Gasteiger charge is -2.34. The summed E-state index contributed by atoms with van der Waals surface area (Å²) in [5.41, 5.74) is 0.796. The van der Waals surface area contributed by atoms with Crippen molar-refractivity contribution in [3.05, 3.63) is 48.0 Å². The standard InChI is InChI=1S/C19H23NO2/c21-18(15-7-3-1-4-8-15)16-11-13-20(14-12-16)19(22)17-9-5-2-6-10-17/h1-5,7-8,16-17H,6,9-14H2. The maximum atomic E-state index is 12.5. The van der Waals surface area contributed by atoms with Gasteiger partial charge in [-0.3, -0.25) is 9.59 Å². The number of piperidine rings is 1. The molecule has 1 aliphatic carbocycles. The Kier molecular flexibility index (Phi) is 4.71. The second-order valence-corrected chi connectivity index (χ2v) is 6.31. The molecule has 3 heteroatoms. The van der Waals surface area contributed by atoms with E-state index >= 15 is 0 Å². The third-order valence-electron chi connectivity index (χ3n) is 4.85. The van der Waals surface area contributed by atoms with Crippen LogP contribution < -0.4 is 0 Å². The molecule has 1 unspecified atom stereocenters. The maximum Gasteiger partial charge on any atom is 0.226 e. The minimum absolute atomic E-state index is 0.0673. The van der Waals surface area contributed by atoms with E-state index in [0.717, 1.165) is 50.8 Å². The van der Waals surface area contributed by atoms with Crippen LogP contribution in [-0.2, 0) is 4.79 Å². The number of allylic oxidation sites excluding steroid dienone is 2. The van der Waals surface area contributed by atoms with Gasteiger partial charge >= 0.3 is 0 Å². The monoisotopic (exact) mass is 297 g/mol. The van der Waals surface area contributed by atoms with Gasteiger partial charge in [-0.25, -0.2) is 0 Å². The van der Waals surface area contributed by atoms with E-state index in [0.29, 0.717) is 0 Å². The van der Waals surface area contributed by atoms with E-state index < -0.39 is 0 Å². The molecule has 0 bridgehead atoms. The number of carbonyl (C=O) groups excluding carboxylic acids is 2. The minimum atomic E-state index is 0.0673. The number of benzene rings is 1. The molecule has 116 valence electrons. The Morgan fingerprint density at radius 1 is 0.909 bits per heavy atom. The summed E-state index contributed by atoms with van der Waals surface area (Å²) in [4.78, 5) is 26.9. The lowest BCUT2D eigenvalue weighted by atomic mass is 9.87. The molecule has 1 saturated heterocycles. The number of rotatable bonds is 3. The van der Waals surface area contributed by atoms with Gasteiger partial charge in [0.05, 0.1) is 0 Å². The quantitative estimate of drug-likeness (QED) is 0.633. The van der Waals surface area contributed by atoms with Crippen LogP contribution in [-0.4, -0.2) is 29.7 Å². The summed E-state index contributed by atoms with van der Waals surface area (Å²) in [6.07, 6.45) is 8.73. The molecule has 3 rings (SSSR count). The van der Waals surface area contributed by atoms with Gasteiger partial charge in [-0.1, -0.05) is 42.5 Å². The predicted octanol–water partition coefficient (Wildman–Crippen LogP) is 3.46. The number of likely N-dealkylation sites (tertiary alicyclic amines) is 1. The molecule has 0 N–H and O–H groups in total. The van der Waals surface area contributed by atoms with Crippen LogP contribution in [0.25, 0.3) is 0 Å². The molecule has 0 saturated carbocycles. The van der Waals surface area contributed by atoms with Gasteiger partial charge in [0.15, 0.2) is 5.78 Å². The van der Waals surface area contributed by atoms with Gasteiger partial charge in [0.2, 0.25) is 5.91 Å². The summed E-state index contributed by atoms with van der Waals surface area (Å²) < 4.78 is 0. The van der Waals surface area contributed by atoms with E-state index in [1.54, 1.807) is 0 Å². The van der Waals surface area contributed by atoms with Crippen molar-refractivity contribution in [2.45, 2.75) is 32.1 Å². The first kappa shape index (κ1) is 15.0. The second-order valence-electron chi connectivity index (χ2n) is 6.31. The van der Waals surface area contributed by atoms with Gasteiger partial charge in [-0.15, -0.1) is 0 Å². The number of carbonyl (C=O) groups is 2. The molecule has 1 amide bonds. The van der Waals surface area contributed by atoms with Crippen LogP contribution in [0.2, 0.25) is 0 Å². The number of ketones is 1. The summed E-state index contributed by atoms with van der Waals surface area (Å²) >= 11 is 0. The highest BCUT2D eigenvalue weighted by Crippen LogP contribution is 2.26. The highest BCUT2D eigenvalue weighted by atomic mass is 16.2. The average molecular weight is 297 g/mol. The van der Waals surface area contributed by atoms with Crippen LogP contribution in [0, 0.1) is 11.8 Å². The third kappa shape index (κ3) is 3.29. The first-order valence-electron chi connectivity index (χ1n) is 8.29. The molecule has 1 atom stereocenters. The lowest BCUT2D eigenvalue weighted by molar-refractivity contribution is -0.137. The summed E-state index contributed by atoms with van der Waals surface area (Å²) in [6.45, 7) is 1.45. The molecule has 1 aromatic rings. The first-order chi connectivity index (χ1) is 10.8. The largest absolute Gasteiger partial charge is 0.342 e. The number of amides is 1. The van der Waals surface area contributed by atoms with Crippen molar-refractivity contribution < 1.29 is 9.59 Å². The van der Waals surface area contributed by atoms with E-state index in [9.17, 15) is 9.59 Å². The number of Topliss-reactive ketones (excluding diaryl/α,β-unsaturated/α-hetero) is 1. The molecule has 2 aliphatic rings. The molecule has 22 heavy (non-hydrogen) atoms. The smallest absolute Gasteiger partial charge is 0.226 e. The maximum absolute atomic E-state index is 12.5. The normalized spacial score (nSPS) is 22.5. The van der Waals surface area contributed by atoms with Gasteiger partial charge in [-0.2, -0.15) is 0 Å². The summed E-state index contributed by atoms with van der Waals surface area (Å²) in [5.74, 6) is 0.743. The van der Waals surface area contributed by atoms with Crippen LogP contribution in [0.5, 0.6) is 0 Å². The topological polar surface area (TPSA) is 37.4 Å². The molecule has 1 aromatic carbocycles. The second kappa shape index (κ2) is 6.91. The molecule has 0 spiro atoms. The summed E-state index contributed by atoms with van der Waals surface area (Å²) in [5, 5.41) is 0. The van der Waals surface area contributed by atoms with Gasteiger partial charge in [0, 0.05) is 30.5 Å². The third-order valence-corrected chi connectivity index (χ3v) is 4.85. The van der Waals surface area contributed by atoms with E-state index in [-0.39, 0.29) is 23.5 Å². The van der Waals surface area contributed by atoms with Gasteiger partial charge in [0.25, 0.3) is 0 Å². The Balaban J connectivity index is 1.55. The average Bonchev–Trinajstić information content (AvgIpc) is 2.62. The Morgan fingerprint density at radius 3 is 2.27 bits per heavy atom. The first-order valence-corrected chi connectivity index (χ1v) is 8.29. The zero-order valence-electron chi connectivity index (χ0n) is 12.9. The van der Waals surface area contributed by atoms with Gasteiger partial charge in [0.1, 0.15) is 0 Å². The van der Waals surface area contributed by atoms with Crippen molar-refractivity contribution in [3.8, 4) is 0 Å². The fourth-order valence-corrected chi connectivity index (χ4v) is 3.48. The van der Waals surface area contributed by atoms with Crippen LogP contribution in [0.1, 0.15) is 42.5 Å². The molecule has 1 aliphatic heterocycles. The highest BCUT2D eigenvalue weighted by Gasteiger charge is 2.30. The van der Waals surface area contributed by atoms with Crippen LogP contribution in [0.4, 0.5) is 0 Å². The van der Waals surface area contributed by atoms with E-state index in [1.807, 2.05) is 35.2 Å². The molecule has 3 nitrogen and oxygen atoms in total. The number of hydrogen-bond donors (Lipinski definition) is 0. The molecule has 1 heterocycles. The van der Waals surface area contributed by atoms with Crippen molar-refractivity contribution >= 4 is 11.7 Å². The Bertz CT molecular complexity index is 556. The van der Waals surface area contributed by atoms with Crippen LogP contribution >= 0.6 is 0 Å². The van der Waals surface area contributed by atoms with Crippen molar-refractivity contribution in [2.24, 2.45) is 11.8 Å². The SMILES string of the molecule is O=C(c1ccccc1)C1CCN(C(=O)C2CC=CCC2)CC1. The molecule has 0 aromatic heterocycles. The molecule has 1 fully saturated rings. The van der Waals surface area contributed by atoms with Crippen molar-refractivity contribution in [1.82, 2.24) is 4.90 Å². The fourth-order valence-electron chi connectivity index (χ4n) is 3.48.